The molecular weight excluding hydrogens is 546 g/mol. The summed E-state index contributed by atoms with van der Waals surface area (Å²) in [6, 6.07) is 0. The van der Waals surface area contributed by atoms with Crippen molar-refractivity contribution in [3.63, 3.8) is 0 Å². The zero-order valence-electron chi connectivity index (χ0n) is 2.52. The molecule has 0 aromatic rings. The summed E-state index contributed by atoms with van der Waals surface area (Å²) in [5, 5.41) is 0. The quantitative estimate of drug-likeness (QED) is 0.338. The van der Waals surface area contributed by atoms with Gasteiger partial charge in [0.1, 0.15) is 0 Å². The molecule has 0 saturated carbocycles. The predicted molar refractivity (Wildman–Crippen MR) is 17.3 cm³/mol. The van der Waals surface area contributed by atoms with Crippen LogP contribution in [-0.4, -0.2) is 67.7 Å². The molecule has 0 aliphatic rings. The molecule has 0 rings (SSSR count). The predicted octanol–water partition coefficient (Wildman–Crippen LogP) is -1.15. The summed E-state index contributed by atoms with van der Waals surface area (Å²) in [5.74, 6) is 0. The van der Waals surface area contributed by atoms with Crippen LogP contribution in [0.2, 0.25) is 0 Å². The van der Waals surface area contributed by atoms with Crippen LogP contribution in [0, 0.1) is 0 Å². The SMILES string of the molecule is [Al+3].[Mg+2].[Pb].[Re].[Ru+2]. The third kappa shape index (κ3) is 18.5. The topological polar surface area (TPSA) is 0 Å². The van der Waals surface area contributed by atoms with Gasteiger partial charge in [0.2, 0.25) is 0 Å². The monoisotopic (exact) mass is 548 g/mol. The standard InChI is InChI=1S/Al.Mg.Pb.Re.Ru/q+3;+2;;;+2. The van der Waals surface area contributed by atoms with E-state index in [2.05, 4.69) is 0 Å². The maximum absolute atomic E-state index is 0. The molecule has 0 nitrogen and oxygen atoms in total. The molecular formula is AlMgPbReRu+7. The molecule has 0 amide bonds. The molecule has 0 atom stereocenters. The molecule has 0 N–H and O–H groups in total. The molecule has 0 aliphatic carbocycles. The van der Waals surface area contributed by atoms with Crippen molar-refractivity contribution in [3.8, 4) is 0 Å². The molecule has 0 aliphatic heterocycles. The summed E-state index contributed by atoms with van der Waals surface area (Å²) in [4.78, 5) is 0. The fourth-order valence-corrected chi connectivity index (χ4v) is 0. The summed E-state index contributed by atoms with van der Waals surface area (Å²) in [5.41, 5.74) is 0. The molecule has 5 heavy (non-hydrogen) atoms. The first kappa shape index (κ1) is 39.0. The minimum atomic E-state index is 0. The van der Waals surface area contributed by atoms with Gasteiger partial charge in [-0.05, 0) is 0 Å². The third-order valence-electron chi connectivity index (χ3n) is 0. The Morgan fingerprint density at radius 3 is 1.00 bits per heavy atom. The van der Waals surface area contributed by atoms with E-state index in [4.69, 9.17) is 0 Å². The molecule has 17 valence electrons. The first-order valence-electron chi connectivity index (χ1n) is 0. The summed E-state index contributed by atoms with van der Waals surface area (Å²) < 4.78 is 0. The Kier molecular flexibility index (Phi) is 202. The van der Waals surface area contributed by atoms with Crippen molar-refractivity contribution in [3.05, 3.63) is 0 Å². The Bertz CT molecular complexity index is 11.6. The number of rotatable bonds is 0. The molecule has 5 radical (unpaired) electrons. The second kappa shape index (κ2) is 25.8. The van der Waals surface area contributed by atoms with E-state index in [0.717, 1.165) is 0 Å². The van der Waals surface area contributed by atoms with Crippen molar-refractivity contribution >= 4 is 67.7 Å². The molecule has 0 spiro atoms. The van der Waals surface area contributed by atoms with E-state index < -0.39 is 0 Å². The summed E-state index contributed by atoms with van der Waals surface area (Å²) in [6.45, 7) is 0. The molecule has 0 aromatic heterocycles. The van der Waals surface area contributed by atoms with Crippen molar-refractivity contribution in [2.75, 3.05) is 0 Å². The Hall–Kier alpha value is 3.51. The molecule has 0 heterocycles. The third-order valence-corrected chi connectivity index (χ3v) is 0. The summed E-state index contributed by atoms with van der Waals surface area (Å²) in [7, 11) is 0. The van der Waals surface area contributed by atoms with E-state index in [0.29, 0.717) is 0 Å². The molecule has 0 fully saturated rings. The van der Waals surface area contributed by atoms with Gasteiger partial charge in [-0.15, -0.1) is 0 Å². The Morgan fingerprint density at radius 1 is 1.00 bits per heavy atom. The van der Waals surface area contributed by atoms with E-state index in [1.165, 1.54) is 0 Å². The molecule has 0 unspecified atom stereocenters. The number of hydrogen-bond acceptors (Lipinski definition) is 0. The fourth-order valence-electron chi connectivity index (χ4n) is 0. The average Bonchev–Trinajstić information content (AvgIpc) is 0. The van der Waals surface area contributed by atoms with Gasteiger partial charge in [-0.1, -0.05) is 0 Å². The zero-order chi connectivity index (χ0) is 0. The van der Waals surface area contributed by atoms with E-state index in [1.807, 2.05) is 0 Å². The van der Waals surface area contributed by atoms with Gasteiger partial charge in [-0.25, -0.2) is 0 Å². The van der Waals surface area contributed by atoms with Crippen LogP contribution in [0.15, 0.2) is 0 Å². The van der Waals surface area contributed by atoms with E-state index in [9.17, 15) is 0 Å². The van der Waals surface area contributed by atoms with Crippen molar-refractivity contribution in [1.82, 2.24) is 0 Å². The summed E-state index contributed by atoms with van der Waals surface area (Å²) in [6.07, 6.45) is 0. The maximum Gasteiger partial charge on any atom is 3.00 e. The van der Waals surface area contributed by atoms with Crippen molar-refractivity contribution in [1.29, 1.82) is 0 Å². The van der Waals surface area contributed by atoms with Crippen LogP contribution in [0.4, 0.5) is 0 Å². The van der Waals surface area contributed by atoms with Gasteiger partial charge in [0.25, 0.3) is 0 Å². The first-order chi connectivity index (χ1) is 0. The van der Waals surface area contributed by atoms with Crippen molar-refractivity contribution in [2.24, 2.45) is 0 Å². The van der Waals surface area contributed by atoms with Crippen LogP contribution in [0.25, 0.3) is 0 Å². The Morgan fingerprint density at radius 2 is 1.00 bits per heavy atom. The second-order valence-corrected chi connectivity index (χ2v) is 0. The number of hydrogen-bond donors (Lipinski definition) is 0. The fraction of sp³-hybridized carbons (Fsp3) is 0. The first-order valence-corrected chi connectivity index (χ1v) is 0. The van der Waals surface area contributed by atoms with Gasteiger partial charge in [0.05, 0.1) is 0 Å². The maximum atomic E-state index is 0. The van der Waals surface area contributed by atoms with Gasteiger partial charge in [-0.2, -0.15) is 0 Å². The Balaban J connectivity index is 0. The largest absolute Gasteiger partial charge is 3.00 e. The average molecular weight is 546 g/mol. The summed E-state index contributed by atoms with van der Waals surface area (Å²) >= 11 is 0. The van der Waals surface area contributed by atoms with Gasteiger partial charge in [0, 0.05) is 47.7 Å². The molecule has 5 heteroatoms. The van der Waals surface area contributed by atoms with Crippen LogP contribution in [-0.2, 0) is 39.9 Å². The van der Waals surface area contributed by atoms with Gasteiger partial charge >= 0.3 is 59.9 Å². The van der Waals surface area contributed by atoms with Crippen LogP contribution in [0.3, 0.4) is 0 Å². The smallest absolute Gasteiger partial charge is 0 e. The van der Waals surface area contributed by atoms with E-state index >= 15 is 0 Å². The van der Waals surface area contributed by atoms with E-state index in [-0.39, 0.29) is 108 Å². The van der Waals surface area contributed by atoms with Crippen LogP contribution in [0.1, 0.15) is 0 Å². The minimum Gasteiger partial charge on any atom is 0 e. The molecule has 0 aromatic carbocycles. The normalized spacial score (nSPS) is 0. The van der Waals surface area contributed by atoms with Crippen LogP contribution >= 0.6 is 0 Å². The van der Waals surface area contributed by atoms with Crippen molar-refractivity contribution in [2.45, 2.75) is 0 Å². The van der Waals surface area contributed by atoms with Crippen LogP contribution < -0.4 is 0 Å². The second-order valence-electron chi connectivity index (χ2n) is 0. The van der Waals surface area contributed by atoms with Gasteiger partial charge < -0.3 is 0 Å². The Labute approximate surface area is 105 Å². The van der Waals surface area contributed by atoms with Crippen molar-refractivity contribution < 1.29 is 39.9 Å². The molecule has 0 saturated heterocycles. The van der Waals surface area contributed by atoms with E-state index in [1.54, 1.807) is 0 Å². The molecule has 0 bridgehead atoms. The minimum absolute atomic E-state index is 0. The van der Waals surface area contributed by atoms with Gasteiger partial charge in [0.15, 0.2) is 0 Å². The van der Waals surface area contributed by atoms with Crippen LogP contribution in [0.5, 0.6) is 0 Å². The van der Waals surface area contributed by atoms with Gasteiger partial charge in [-0.3, -0.25) is 0 Å². The zero-order valence-corrected chi connectivity index (χ0v) is 13.4.